The van der Waals surface area contributed by atoms with Crippen LogP contribution >= 0.6 is 0 Å². The van der Waals surface area contributed by atoms with Gasteiger partial charge < -0.3 is 4.90 Å². The molecule has 0 N–H and O–H groups in total. The first-order valence-corrected chi connectivity index (χ1v) is 9.68. The molecular formula is C23H31N. The Hall–Kier alpha value is -1.60. The second kappa shape index (κ2) is 8.48. The predicted molar refractivity (Wildman–Crippen MR) is 103 cm³/mol. The van der Waals surface area contributed by atoms with E-state index in [0.29, 0.717) is 0 Å². The smallest absolute Gasteiger partial charge is 0.0227 e. The molecule has 128 valence electrons. The molecule has 3 rings (SSSR count). The summed E-state index contributed by atoms with van der Waals surface area (Å²) in [6.07, 6.45) is 7.91. The van der Waals surface area contributed by atoms with Crippen LogP contribution in [0.4, 0.5) is 0 Å². The summed E-state index contributed by atoms with van der Waals surface area (Å²) in [7, 11) is 0. The van der Waals surface area contributed by atoms with Gasteiger partial charge in [0.1, 0.15) is 0 Å². The summed E-state index contributed by atoms with van der Waals surface area (Å²) in [6.45, 7) is 6.00. The maximum absolute atomic E-state index is 2.68. The highest BCUT2D eigenvalue weighted by Gasteiger charge is 2.37. The lowest BCUT2D eigenvalue weighted by atomic mass is 9.68. The molecule has 2 aromatic rings. The van der Waals surface area contributed by atoms with Crippen LogP contribution in [0.5, 0.6) is 0 Å². The van der Waals surface area contributed by atoms with E-state index >= 15 is 0 Å². The summed E-state index contributed by atoms with van der Waals surface area (Å²) >= 11 is 0. The molecule has 1 fully saturated rings. The van der Waals surface area contributed by atoms with Crippen molar-refractivity contribution >= 4 is 0 Å². The van der Waals surface area contributed by atoms with Crippen molar-refractivity contribution in [3.8, 4) is 0 Å². The topological polar surface area (TPSA) is 3.24 Å². The largest absolute Gasteiger partial charge is 0.303 e. The van der Waals surface area contributed by atoms with Crippen LogP contribution < -0.4 is 0 Å². The molecule has 1 heterocycles. The van der Waals surface area contributed by atoms with E-state index in [9.17, 15) is 0 Å². The molecule has 0 aromatic heterocycles. The van der Waals surface area contributed by atoms with Crippen molar-refractivity contribution in [3.05, 3.63) is 71.8 Å². The summed E-state index contributed by atoms with van der Waals surface area (Å²) in [5.41, 5.74) is 3.17. The van der Waals surface area contributed by atoms with Gasteiger partial charge in [-0.25, -0.2) is 0 Å². The molecule has 0 spiro atoms. The fourth-order valence-electron chi connectivity index (χ4n) is 4.18. The van der Waals surface area contributed by atoms with Crippen LogP contribution in [0.1, 0.15) is 56.6 Å². The monoisotopic (exact) mass is 321 g/mol. The third kappa shape index (κ3) is 3.89. The minimum atomic E-state index is 0.197. The van der Waals surface area contributed by atoms with Crippen molar-refractivity contribution in [1.82, 2.24) is 4.90 Å². The molecular weight excluding hydrogens is 290 g/mol. The molecule has 1 heteroatoms. The Bertz CT molecular complexity index is 540. The standard InChI is InChI=1S/C23H31N/c1-2-3-4-11-18-24-19-16-23(17-20-24,21-12-7-5-8-13-21)22-14-9-6-10-15-22/h5-10,12-15H,2-4,11,16-20H2,1H3. The van der Waals surface area contributed by atoms with E-state index in [1.165, 1.54) is 69.3 Å². The molecule has 0 amide bonds. The Morgan fingerprint density at radius 1 is 0.750 bits per heavy atom. The summed E-state index contributed by atoms with van der Waals surface area (Å²) in [5, 5.41) is 0. The maximum atomic E-state index is 2.68. The number of hydrogen-bond donors (Lipinski definition) is 0. The summed E-state index contributed by atoms with van der Waals surface area (Å²) < 4.78 is 0. The van der Waals surface area contributed by atoms with Crippen LogP contribution in [0.15, 0.2) is 60.7 Å². The second-order valence-electron chi connectivity index (χ2n) is 7.22. The van der Waals surface area contributed by atoms with Crippen molar-refractivity contribution in [2.45, 2.75) is 50.9 Å². The van der Waals surface area contributed by atoms with E-state index in [4.69, 9.17) is 0 Å². The van der Waals surface area contributed by atoms with Crippen LogP contribution in [0.2, 0.25) is 0 Å². The quantitative estimate of drug-likeness (QED) is 0.596. The van der Waals surface area contributed by atoms with Crippen LogP contribution in [0.3, 0.4) is 0 Å². The van der Waals surface area contributed by atoms with Gasteiger partial charge in [-0.2, -0.15) is 0 Å². The lowest BCUT2D eigenvalue weighted by molar-refractivity contribution is 0.176. The molecule has 0 unspecified atom stereocenters. The first kappa shape index (κ1) is 17.2. The normalized spacial score (nSPS) is 17.7. The van der Waals surface area contributed by atoms with Crippen LogP contribution in [-0.2, 0) is 5.41 Å². The summed E-state index contributed by atoms with van der Waals surface area (Å²) in [4.78, 5) is 2.68. The molecule has 2 aromatic carbocycles. The number of rotatable bonds is 7. The first-order chi connectivity index (χ1) is 11.8. The fourth-order valence-corrected chi connectivity index (χ4v) is 4.18. The molecule has 0 radical (unpaired) electrons. The molecule has 24 heavy (non-hydrogen) atoms. The van der Waals surface area contributed by atoms with Gasteiger partial charge in [0.05, 0.1) is 0 Å². The Balaban J connectivity index is 1.73. The second-order valence-corrected chi connectivity index (χ2v) is 7.22. The molecule has 1 aliphatic heterocycles. The zero-order chi connectivity index (χ0) is 16.7. The van der Waals surface area contributed by atoms with Gasteiger partial charge in [0.25, 0.3) is 0 Å². The van der Waals surface area contributed by atoms with Crippen LogP contribution in [-0.4, -0.2) is 24.5 Å². The average molecular weight is 322 g/mol. The van der Waals surface area contributed by atoms with Gasteiger partial charge in [-0.1, -0.05) is 86.8 Å². The fraction of sp³-hybridized carbons (Fsp3) is 0.478. The third-order valence-corrected chi connectivity index (χ3v) is 5.69. The number of hydrogen-bond acceptors (Lipinski definition) is 1. The zero-order valence-electron chi connectivity index (χ0n) is 15.1. The van der Waals surface area contributed by atoms with Crippen molar-refractivity contribution in [1.29, 1.82) is 0 Å². The molecule has 1 saturated heterocycles. The van der Waals surface area contributed by atoms with E-state index in [1.807, 2.05) is 0 Å². The van der Waals surface area contributed by atoms with Crippen LogP contribution in [0, 0.1) is 0 Å². The Morgan fingerprint density at radius 2 is 1.29 bits per heavy atom. The van der Waals surface area contributed by atoms with E-state index in [0.717, 1.165) is 0 Å². The summed E-state index contributed by atoms with van der Waals surface area (Å²) in [5.74, 6) is 0. The van der Waals surface area contributed by atoms with Gasteiger partial charge >= 0.3 is 0 Å². The number of nitrogens with zero attached hydrogens (tertiary/aromatic N) is 1. The number of benzene rings is 2. The molecule has 1 aliphatic rings. The van der Waals surface area contributed by atoms with Gasteiger partial charge in [0.2, 0.25) is 0 Å². The minimum absolute atomic E-state index is 0.197. The summed E-state index contributed by atoms with van der Waals surface area (Å²) in [6, 6.07) is 22.3. The maximum Gasteiger partial charge on any atom is 0.0227 e. The number of piperidine rings is 1. The zero-order valence-corrected chi connectivity index (χ0v) is 15.1. The molecule has 0 bridgehead atoms. The Morgan fingerprint density at radius 3 is 1.79 bits per heavy atom. The molecule has 0 aliphatic carbocycles. The Kier molecular flexibility index (Phi) is 6.09. The van der Waals surface area contributed by atoms with Gasteiger partial charge in [0, 0.05) is 5.41 Å². The minimum Gasteiger partial charge on any atom is -0.303 e. The third-order valence-electron chi connectivity index (χ3n) is 5.69. The highest BCUT2D eigenvalue weighted by molar-refractivity contribution is 5.40. The average Bonchev–Trinajstić information content (AvgIpc) is 2.67. The molecule has 1 nitrogen and oxygen atoms in total. The van der Waals surface area contributed by atoms with Crippen molar-refractivity contribution < 1.29 is 0 Å². The van der Waals surface area contributed by atoms with E-state index < -0.39 is 0 Å². The molecule has 0 atom stereocenters. The predicted octanol–water partition coefficient (Wildman–Crippen LogP) is 5.65. The van der Waals surface area contributed by atoms with Crippen molar-refractivity contribution in [2.75, 3.05) is 19.6 Å². The first-order valence-electron chi connectivity index (χ1n) is 9.68. The van der Waals surface area contributed by atoms with Gasteiger partial charge in [-0.15, -0.1) is 0 Å². The SMILES string of the molecule is CCCCCCN1CCC(c2ccccc2)(c2ccccc2)CC1. The van der Waals surface area contributed by atoms with E-state index in [2.05, 4.69) is 72.5 Å². The van der Waals surface area contributed by atoms with Crippen molar-refractivity contribution in [2.24, 2.45) is 0 Å². The lowest BCUT2D eigenvalue weighted by Crippen LogP contribution is -2.43. The molecule has 0 saturated carbocycles. The van der Waals surface area contributed by atoms with Crippen LogP contribution in [0.25, 0.3) is 0 Å². The van der Waals surface area contributed by atoms with E-state index in [1.54, 1.807) is 0 Å². The number of likely N-dealkylation sites (tertiary alicyclic amines) is 1. The lowest BCUT2D eigenvalue weighted by Gasteiger charge is -2.43. The van der Waals surface area contributed by atoms with Crippen molar-refractivity contribution in [3.63, 3.8) is 0 Å². The highest BCUT2D eigenvalue weighted by atomic mass is 15.1. The highest BCUT2D eigenvalue weighted by Crippen LogP contribution is 2.41. The van der Waals surface area contributed by atoms with Gasteiger partial charge in [0.15, 0.2) is 0 Å². The van der Waals surface area contributed by atoms with Gasteiger partial charge in [-0.3, -0.25) is 0 Å². The Labute approximate surface area is 147 Å². The number of unbranched alkanes of at least 4 members (excludes halogenated alkanes) is 3. The van der Waals surface area contributed by atoms with Gasteiger partial charge in [-0.05, 0) is 50.0 Å². The van der Waals surface area contributed by atoms with E-state index in [-0.39, 0.29) is 5.41 Å².